The van der Waals surface area contributed by atoms with Crippen LogP contribution < -0.4 is 5.32 Å². The van der Waals surface area contributed by atoms with Gasteiger partial charge < -0.3 is 10.2 Å². The molecule has 3 heteroatoms. The molecule has 0 aromatic heterocycles. The van der Waals surface area contributed by atoms with E-state index in [0.717, 1.165) is 25.1 Å². The molecule has 1 aliphatic rings. The van der Waals surface area contributed by atoms with Crippen LogP contribution in [0.1, 0.15) is 40.0 Å². The Kier molecular flexibility index (Phi) is 4.13. The third-order valence-corrected chi connectivity index (χ3v) is 3.45. The number of nitrogens with zero attached hydrogens (tertiary/aromatic N) is 1. The van der Waals surface area contributed by atoms with Gasteiger partial charge in [-0.1, -0.05) is 39.0 Å². The molecule has 1 saturated carbocycles. The van der Waals surface area contributed by atoms with E-state index in [4.69, 9.17) is 0 Å². The average Bonchev–Trinajstić information content (AvgIpc) is 2.25. The van der Waals surface area contributed by atoms with Crippen LogP contribution >= 0.6 is 0 Å². The first kappa shape index (κ1) is 13.9. The van der Waals surface area contributed by atoms with Crippen LogP contribution in [0, 0.1) is 5.41 Å². The Bertz CT molecular complexity index is 418. The monoisotopic (exact) mass is 260 g/mol. The quantitative estimate of drug-likeness (QED) is 0.871. The highest BCUT2D eigenvalue weighted by molar-refractivity contribution is 5.89. The molecule has 0 spiro atoms. The smallest absolute Gasteiger partial charge is 0.321 e. The normalized spacial score (nSPS) is 15.7. The third-order valence-electron chi connectivity index (χ3n) is 3.45. The molecule has 104 valence electrons. The molecule has 2 rings (SSSR count). The Morgan fingerprint density at radius 3 is 2.37 bits per heavy atom. The standard InChI is InChI=1S/C16H24N2O/c1-16(2,3)12-18(14-10-7-11-14)15(19)17-13-8-5-4-6-9-13/h4-6,8-9,14H,7,10-12H2,1-3H3,(H,17,19). The summed E-state index contributed by atoms with van der Waals surface area (Å²) in [6.45, 7) is 7.33. The van der Waals surface area contributed by atoms with E-state index in [1.54, 1.807) is 0 Å². The molecule has 0 heterocycles. The molecule has 19 heavy (non-hydrogen) atoms. The van der Waals surface area contributed by atoms with Crippen molar-refractivity contribution >= 4 is 11.7 Å². The van der Waals surface area contributed by atoms with Gasteiger partial charge in [-0.3, -0.25) is 0 Å². The zero-order chi connectivity index (χ0) is 13.9. The Balaban J connectivity index is 2.03. The number of urea groups is 1. The van der Waals surface area contributed by atoms with Gasteiger partial charge in [-0.15, -0.1) is 0 Å². The van der Waals surface area contributed by atoms with E-state index in [0.29, 0.717) is 6.04 Å². The van der Waals surface area contributed by atoms with E-state index < -0.39 is 0 Å². The van der Waals surface area contributed by atoms with Crippen LogP contribution in [0.5, 0.6) is 0 Å². The predicted octanol–water partition coefficient (Wildman–Crippen LogP) is 4.12. The van der Waals surface area contributed by atoms with Crippen molar-refractivity contribution in [2.75, 3.05) is 11.9 Å². The van der Waals surface area contributed by atoms with Gasteiger partial charge in [0.25, 0.3) is 0 Å². The van der Waals surface area contributed by atoms with Gasteiger partial charge in [0.2, 0.25) is 0 Å². The van der Waals surface area contributed by atoms with Gasteiger partial charge in [-0.05, 0) is 36.8 Å². The number of hydrogen-bond donors (Lipinski definition) is 1. The highest BCUT2D eigenvalue weighted by Gasteiger charge is 2.31. The first-order valence-corrected chi connectivity index (χ1v) is 7.08. The first-order chi connectivity index (χ1) is 8.96. The summed E-state index contributed by atoms with van der Waals surface area (Å²) in [4.78, 5) is 14.4. The Morgan fingerprint density at radius 2 is 1.89 bits per heavy atom. The highest BCUT2D eigenvalue weighted by atomic mass is 16.2. The lowest BCUT2D eigenvalue weighted by molar-refractivity contribution is 0.118. The van der Waals surface area contributed by atoms with Crippen molar-refractivity contribution in [3.05, 3.63) is 30.3 Å². The lowest BCUT2D eigenvalue weighted by Gasteiger charge is -2.40. The number of hydrogen-bond acceptors (Lipinski definition) is 1. The molecule has 1 aromatic carbocycles. The molecule has 0 atom stereocenters. The number of amides is 2. The molecule has 1 N–H and O–H groups in total. The van der Waals surface area contributed by atoms with Gasteiger partial charge in [-0.25, -0.2) is 4.79 Å². The van der Waals surface area contributed by atoms with Crippen LogP contribution in [-0.4, -0.2) is 23.5 Å². The average molecular weight is 260 g/mol. The maximum absolute atomic E-state index is 12.4. The molecule has 0 aliphatic heterocycles. The van der Waals surface area contributed by atoms with E-state index in [1.165, 1.54) is 6.42 Å². The SMILES string of the molecule is CC(C)(C)CN(C(=O)Nc1ccccc1)C1CCC1. The number of carbonyl (C=O) groups is 1. The van der Waals surface area contributed by atoms with Crippen molar-refractivity contribution in [1.29, 1.82) is 0 Å². The number of carbonyl (C=O) groups excluding carboxylic acids is 1. The largest absolute Gasteiger partial charge is 0.322 e. The second-order valence-electron chi connectivity index (χ2n) is 6.57. The maximum Gasteiger partial charge on any atom is 0.322 e. The van der Waals surface area contributed by atoms with Crippen molar-refractivity contribution in [3.63, 3.8) is 0 Å². The number of benzene rings is 1. The fourth-order valence-electron chi connectivity index (χ4n) is 2.29. The van der Waals surface area contributed by atoms with E-state index >= 15 is 0 Å². The molecule has 1 aromatic rings. The van der Waals surface area contributed by atoms with Gasteiger partial charge in [0.1, 0.15) is 0 Å². The zero-order valence-electron chi connectivity index (χ0n) is 12.1. The van der Waals surface area contributed by atoms with Crippen molar-refractivity contribution < 1.29 is 4.79 Å². The second-order valence-corrected chi connectivity index (χ2v) is 6.57. The maximum atomic E-state index is 12.4. The molecule has 1 fully saturated rings. The second kappa shape index (κ2) is 5.64. The van der Waals surface area contributed by atoms with Gasteiger partial charge in [0.05, 0.1) is 0 Å². The van der Waals surface area contributed by atoms with Crippen molar-refractivity contribution in [2.24, 2.45) is 5.41 Å². The zero-order valence-corrected chi connectivity index (χ0v) is 12.1. The van der Waals surface area contributed by atoms with Crippen molar-refractivity contribution in [3.8, 4) is 0 Å². The van der Waals surface area contributed by atoms with Crippen LogP contribution in [0.2, 0.25) is 0 Å². The summed E-state index contributed by atoms with van der Waals surface area (Å²) in [5.41, 5.74) is 0.995. The van der Waals surface area contributed by atoms with Crippen LogP contribution in [0.25, 0.3) is 0 Å². The summed E-state index contributed by atoms with van der Waals surface area (Å²) < 4.78 is 0. The Labute approximate surface area is 116 Å². The Morgan fingerprint density at radius 1 is 1.26 bits per heavy atom. The fourth-order valence-corrected chi connectivity index (χ4v) is 2.29. The molecule has 0 radical (unpaired) electrons. The molecule has 0 bridgehead atoms. The van der Waals surface area contributed by atoms with E-state index in [9.17, 15) is 4.79 Å². The van der Waals surface area contributed by atoms with Crippen LogP contribution in [-0.2, 0) is 0 Å². The molecule has 2 amide bonds. The highest BCUT2D eigenvalue weighted by Crippen LogP contribution is 2.28. The van der Waals surface area contributed by atoms with Gasteiger partial charge in [0.15, 0.2) is 0 Å². The van der Waals surface area contributed by atoms with Crippen LogP contribution in [0.15, 0.2) is 30.3 Å². The van der Waals surface area contributed by atoms with Gasteiger partial charge in [-0.2, -0.15) is 0 Å². The number of anilines is 1. The predicted molar refractivity (Wildman–Crippen MR) is 79.3 cm³/mol. The fraction of sp³-hybridized carbons (Fsp3) is 0.562. The minimum absolute atomic E-state index is 0.0332. The molecule has 0 saturated heterocycles. The molecular formula is C16H24N2O. The van der Waals surface area contributed by atoms with Crippen LogP contribution in [0.3, 0.4) is 0 Å². The number of rotatable bonds is 3. The summed E-state index contributed by atoms with van der Waals surface area (Å²) >= 11 is 0. The number of para-hydroxylation sites is 1. The van der Waals surface area contributed by atoms with Crippen molar-refractivity contribution in [1.82, 2.24) is 4.90 Å². The Hall–Kier alpha value is -1.51. The minimum atomic E-state index is 0.0332. The topological polar surface area (TPSA) is 32.3 Å². The molecule has 0 unspecified atom stereocenters. The third kappa shape index (κ3) is 3.98. The van der Waals surface area contributed by atoms with Crippen LogP contribution in [0.4, 0.5) is 10.5 Å². The molecule has 3 nitrogen and oxygen atoms in total. The van der Waals surface area contributed by atoms with Crippen molar-refractivity contribution in [2.45, 2.75) is 46.1 Å². The minimum Gasteiger partial charge on any atom is -0.321 e. The first-order valence-electron chi connectivity index (χ1n) is 7.08. The molecule has 1 aliphatic carbocycles. The summed E-state index contributed by atoms with van der Waals surface area (Å²) in [5, 5.41) is 3.00. The lowest BCUT2D eigenvalue weighted by atomic mass is 9.88. The van der Waals surface area contributed by atoms with E-state index in [2.05, 4.69) is 26.1 Å². The van der Waals surface area contributed by atoms with Gasteiger partial charge >= 0.3 is 6.03 Å². The summed E-state index contributed by atoms with van der Waals surface area (Å²) in [7, 11) is 0. The summed E-state index contributed by atoms with van der Waals surface area (Å²) in [6, 6.07) is 10.1. The molecular weight excluding hydrogens is 236 g/mol. The number of nitrogens with one attached hydrogen (secondary N) is 1. The van der Waals surface area contributed by atoms with E-state index in [-0.39, 0.29) is 11.4 Å². The van der Waals surface area contributed by atoms with Gasteiger partial charge in [0, 0.05) is 18.3 Å². The summed E-state index contributed by atoms with van der Waals surface area (Å²) in [6.07, 6.45) is 3.51. The van der Waals surface area contributed by atoms with E-state index in [1.807, 2.05) is 35.2 Å². The summed E-state index contributed by atoms with van der Waals surface area (Å²) in [5.74, 6) is 0. The lowest BCUT2D eigenvalue weighted by Crippen LogP contribution is -2.49.